The number of para-hydroxylation sites is 1. The predicted octanol–water partition coefficient (Wildman–Crippen LogP) is 2.38. The Morgan fingerprint density at radius 2 is 2.06 bits per heavy atom. The molecule has 7 heteroatoms. The lowest BCUT2D eigenvalue weighted by molar-refractivity contribution is -0.116. The van der Waals surface area contributed by atoms with E-state index in [0.717, 1.165) is 0 Å². The summed E-state index contributed by atoms with van der Waals surface area (Å²) < 4.78 is 4.72. The van der Waals surface area contributed by atoms with Gasteiger partial charge in [0.15, 0.2) is 0 Å². The lowest BCUT2D eigenvalue weighted by Gasteiger charge is -2.13. The van der Waals surface area contributed by atoms with E-state index in [0.29, 0.717) is 28.9 Å². The first-order chi connectivity index (χ1) is 8.58. The van der Waals surface area contributed by atoms with E-state index >= 15 is 0 Å². The third kappa shape index (κ3) is 2.86. The highest BCUT2D eigenvalue weighted by molar-refractivity contribution is 6.39. The average Bonchev–Trinajstić information content (AvgIpc) is 2.70. The Balaban J connectivity index is 2.01. The number of halogens is 2. The molecule has 0 aliphatic carbocycles. The molecule has 2 rings (SSSR count). The number of benzene rings is 1. The normalized spacial score (nSPS) is 14.6. The zero-order valence-electron chi connectivity index (χ0n) is 9.28. The van der Waals surface area contributed by atoms with Gasteiger partial charge >= 0.3 is 6.09 Å². The summed E-state index contributed by atoms with van der Waals surface area (Å²) in [6.45, 7) is 0.627. The number of rotatable bonds is 3. The van der Waals surface area contributed by atoms with Crippen molar-refractivity contribution in [2.75, 3.05) is 25.0 Å². The molecule has 1 N–H and O–H groups in total. The van der Waals surface area contributed by atoms with Gasteiger partial charge < -0.3 is 10.1 Å². The van der Waals surface area contributed by atoms with Crippen molar-refractivity contribution in [3.05, 3.63) is 28.2 Å². The highest BCUT2D eigenvalue weighted by atomic mass is 35.5. The fourth-order valence-electron chi connectivity index (χ4n) is 1.54. The van der Waals surface area contributed by atoms with Crippen molar-refractivity contribution >= 4 is 40.9 Å². The van der Waals surface area contributed by atoms with Gasteiger partial charge in [-0.15, -0.1) is 0 Å². The van der Waals surface area contributed by atoms with E-state index in [4.69, 9.17) is 27.9 Å². The summed E-state index contributed by atoms with van der Waals surface area (Å²) in [5.41, 5.74) is 0.346. The summed E-state index contributed by atoms with van der Waals surface area (Å²) in [7, 11) is 0. The maximum absolute atomic E-state index is 11.7. The van der Waals surface area contributed by atoms with Gasteiger partial charge in [0.2, 0.25) is 5.91 Å². The summed E-state index contributed by atoms with van der Waals surface area (Å²) in [5, 5.41) is 3.27. The molecule has 0 bridgehead atoms. The van der Waals surface area contributed by atoms with Gasteiger partial charge in [-0.3, -0.25) is 9.69 Å². The van der Waals surface area contributed by atoms with E-state index in [1.807, 2.05) is 0 Å². The SMILES string of the molecule is O=C(CN1CCOC1=O)Nc1c(Cl)cccc1Cl. The zero-order valence-corrected chi connectivity index (χ0v) is 10.8. The lowest BCUT2D eigenvalue weighted by Crippen LogP contribution is -2.33. The molecule has 0 aromatic heterocycles. The Labute approximate surface area is 114 Å². The second kappa shape index (κ2) is 5.46. The number of hydrogen-bond donors (Lipinski definition) is 1. The number of nitrogens with zero attached hydrogens (tertiary/aromatic N) is 1. The van der Waals surface area contributed by atoms with Crippen LogP contribution in [0.5, 0.6) is 0 Å². The second-order valence-electron chi connectivity index (χ2n) is 3.68. The van der Waals surface area contributed by atoms with Gasteiger partial charge in [0.25, 0.3) is 0 Å². The second-order valence-corrected chi connectivity index (χ2v) is 4.50. The molecule has 18 heavy (non-hydrogen) atoms. The van der Waals surface area contributed by atoms with Crippen LogP contribution in [0.4, 0.5) is 10.5 Å². The number of cyclic esters (lactones) is 1. The van der Waals surface area contributed by atoms with E-state index in [1.54, 1.807) is 18.2 Å². The van der Waals surface area contributed by atoms with Gasteiger partial charge in [-0.05, 0) is 12.1 Å². The molecule has 2 amide bonds. The molecule has 96 valence electrons. The van der Waals surface area contributed by atoms with Crippen LogP contribution in [0.25, 0.3) is 0 Å². The van der Waals surface area contributed by atoms with Gasteiger partial charge in [-0.25, -0.2) is 4.79 Å². The fraction of sp³-hybridized carbons (Fsp3) is 0.273. The van der Waals surface area contributed by atoms with E-state index in [2.05, 4.69) is 5.32 Å². The standard InChI is InChI=1S/C11H10Cl2N2O3/c12-7-2-1-3-8(13)10(7)14-9(16)6-15-4-5-18-11(15)17/h1-3H,4-6H2,(H,14,16). The maximum Gasteiger partial charge on any atom is 0.410 e. The van der Waals surface area contributed by atoms with Crippen LogP contribution in [0.15, 0.2) is 18.2 Å². The number of ether oxygens (including phenoxy) is 1. The van der Waals surface area contributed by atoms with Crippen LogP contribution in [-0.4, -0.2) is 36.6 Å². The Bertz CT molecular complexity index is 473. The van der Waals surface area contributed by atoms with Crippen LogP contribution >= 0.6 is 23.2 Å². The minimum Gasteiger partial charge on any atom is -0.448 e. The van der Waals surface area contributed by atoms with Crippen LogP contribution in [0.2, 0.25) is 10.0 Å². The molecule has 0 radical (unpaired) electrons. The average molecular weight is 289 g/mol. The molecule has 1 aliphatic rings. The van der Waals surface area contributed by atoms with Crippen molar-refractivity contribution in [3.63, 3.8) is 0 Å². The lowest BCUT2D eigenvalue weighted by atomic mass is 10.3. The molecule has 0 atom stereocenters. The largest absolute Gasteiger partial charge is 0.448 e. The molecule has 1 heterocycles. The van der Waals surface area contributed by atoms with Crippen molar-refractivity contribution in [2.45, 2.75) is 0 Å². The predicted molar refractivity (Wildman–Crippen MR) is 68.0 cm³/mol. The van der Waals surface area contributed by atoms with Crippen molar-refractivity contribution in [1.82, 2.24) is 4.90 Å². The maximum atomic E-state index is 11.7. The Hall–Kier alpha value is -1.46. The van der Waals surface area contributed by atoms with E-state index in [-0.39, 0.29) is 12.5 Å². The monoisotopic (exact) mass is 288 g/mol. The number of nitrogens with one attached hydrogen (secondary N) is 1. The molecule has 1 aliphatic heterocycles. The van der Waals surface area contributed by atoms with Crippen LogP contribution in [0.1, 0.15) is 0 Å². The molecule has 0 spiro atoms. The first kappa shape index (κ1) is 13.0. The number of carbonyl (C=O) groups is 2. The summed E-state index contributed by atoms with van der Waals surface area (Å²) in [6, 6.07) is 4.92. The number of carbonyl (C=O) groups excluding carboxylic acids is 2. The summed E-state index contributed by atoms with van der Waals surface area (Å²) in [4.78, 5) is 24.2. The van der Waals surface area contributed by atoms with Gasteiger partial charge in [-0.1, -0.05) is 29.3 Å². The minimum atomic E-state index is -0.490. The minimum absolute atomic E-state index is 0.0830. The van der Waals surface area contributed by atoms with Crippen molar-refractivity contribution in [1.29, 1.82) is 0 Å². The first-order valence-electron chi connectivity index (χ1n) is 5.23. The summed E-state index contributed by atoms with van der Waals surface area (Å²) >= 11 is 11.8. The third-order valence-corrected chi connectivity index (χ3v) is 3.04. The van der Waals surface area contributed by atoms with Gasteiger partial charge in [-0.2, -0.15) is 0 Å². The Morgan fingerprint density at radius 3 is 2.61 bits per heavy atom. The summed E-state index contributed by atoms with van der Waals surface area (Å²) in [5.74, 6) is -0.371. The van der Waals surface area contributed by atoms with E-state index < -0.39 is 6.09 Å². The van der Waals surface area contributed by atoms with Gasteiger partial charge in [0.05, 0.1) is 22.3 Å². The van der Waals surface area contributed by atoms with Crippen molar-refractivity contribution < 1.29 is 14.3 Å². The van der Waals surface area contributed by atoms with Crippen LogP contribution in [0.3, 0.4) is 0 Å². The molecule has 1 aromatic carbocycles. The number of amides is 2. The molecule has 0 unspecified atom stereocenters. The Kier molecular flexibility index (Phi) is 3.93. The van der Waals surface area contributed by atoms with E-state index in [9.17, 15) is 9.59 Å². The van der Waals surface area contributed by atoms with Gasteiger partial charge in [0.1, 0.15) is 13.2 Å². The Morgan fingerprint density at radius 1 is 1.39 bits per heavy atom. The third-order valence-electron chi connectivity index (χ3n) is 2.41. The van der Waals surface area contributed by atoms with Crippen LogP contribution in [0, 0.1) is 0 Å². The molecular formula is C11H10Cl2N2O3. The number of hydrogen-bond acceptors (Lipinski definition) is 3. The zero-order chi connectivity index (χ0) is 13.1. The van der Waals surface area contributed by atoms with Gasteiger partial charge in [0, 0.05) is 0 Å². The van der Waals surface area contributed by atoms with E-state index in [1.165, 1.54) is 4.90 Å². The van der Waals surface area contributed by atoms with Crippen LogP contribution in [-0.2, 0) is 9.53 Å². The molecule has 1 fully saturated rings. The smallest absolute Gasteiger partial charge is 0.410 e. The quantitative estimate of drug-likeness (QED) is 0.929. The molecule has 5 nitrogen and oxygen atoms in total. The molecular weight excluding hydrogens is 279 g/mol. The van der Waals surface area contributed by atoms with Crippen molar-refractivity contribution in [2.24, 2.45) is 0 Å². The molecule has 1 aromatic rings. The summed E-state index contributed by atoms with van der Waals surface area (Å²) in [6.07, 6.45) is -0.490. The highest BCUT2D eigenvalue weighted by Gasteiger charge is 2.24. The van der Waals surface area contributed by atoms with Crippen LogP contribution < -0.4 is 5.32 Å². The molecule has 0 saturated carbocycles. The van der Waals surface area contributed by atoms with Crippen molar-refractivity contribution in [3.8, 4) is 0 Å². The highest BCUT2D eigenvalue weighted by Crippen LogP contribution is 2.29. The molecule has 1 saturated heterocycles. The fourth-order valence-corrected chi connectivity index (χ4v) is 2.03. The number of anilines is 1. The topological polar surface area (TPSA) is 58.6 Å². The first-order valence-corrected chi connectivity index (χ1v) is 5.99.